The Morgan fingerprint density at radius 3 is 2.56 bits per heavy atom. The van der Waals surface area contributed by atoms with Crippen LogP contribution in [0.5, 0.6) is 0 Å². The third kappa shape index (κ3) is 5.78. The van der Waals surface area contributed by atoms with Gasteiger partial charge in [0.2, 0.25) is 5.95 Å². The van der Waals surface area contributed by atoms with E-state index in [9.17, 15) is 13.6 Å². The monoisotopic (exact) mass is 471 g/mol. The summed E-state index contributed by atoms with van der Waals surface area (Å²) in [6.07, 6.45) is 3.06. The molecule has 0 saturated carbocycles. The molecule has 3 aromatic rings. The number of nitrogens with zero attached hydrogens (tertiary/aromatic N) is 4. The van der Waals surface area contributed by atoms with Crippen molar-refractivity contribution in [1.82, 2.24) is 19.4 Å². The number of hydrogen-bond acceptors (Lipinski definition) is 5. The fourth-order valence-electron chi connectivity index (χ4n) is 4.34. The number of benzene rings is 1. The van der Waals surface area contributed by atoms with E-state index < -0.39 is 5.92 Å². The van der Waals surface area contributed by atoms with Crippen LogP contribution in [0.2, 0.25) is 0 Å². The minimum atomic E-state index is -2.59. The van der Waals surface area contributed by atoms with Crippen molar-refractivity contribution in [1.29, 1.82) is 0 Å². The quantitative estimate of drug-likeness (QED) is 0.472. The first-order valence-corrected chi connectivity index (χ1v) is 11.6. The maximum atomic E-state index is 13.7. The van der Waals surface area contributed by atoms with Gasteiger partial charge >= 0.3 is 0 Å². The van der Waals surface area contributed by atoms with E-state index >= 15 is 0 Å². The Labute approximate surface area is 200 Å². The Balaban J connectivity index is 0.00000324. The molecule has 0 unspecified atom stereocenters. The summed E-state index contributed by atoms with van der Waals surface area (Å²) in [4.78, 5) is 23.3. The normalized spacial score (nSPS) is 17.7. The highest BCUT2D eigenvalue weighted by molar-refractivity contribution is 5.75. The van der Waals surface area contributed by atoms with Gasteiger partial charge in [-0.2, -0.15) is 4.98 Å². The van der Waals surface area contributed by atoms with Crippen molar-refractivity contribution in [2.75, 3.05) is 18.4 Å². The van der Waals surface area contributed by atoms with Crippen LogP contribution in [0.1, 0.15) is 70.7 Å². The molecular formula is C26H35F2N5O. The highest BCUT2D eigenvalue weighted by Crippen LogP contribution is 2.28. The summed E-state index contributed by atoms with van der Waals surface area (Å²) < 4.78 is 29.0. The van der Waals surface area contributed by atoms with Gasteiger partial charge in [-0.25, -0.2) is 13.8 Å². The molecule has 1 aliphatic heterocycles. The standard InChI is InChI=1S/C25H31F2N5O.CH4/c1-4-17(2)32-22(33)11-10-21-14-28-24(30-23(21)32)29-18(3)20-8-6-19(7-9-20)15-31-13-5-12-25(26,27)16-31;/h6-11,14,17-18H,4-5,12-13,15-16H2,1-3H3,(H,28,29,30);1H4/t17-,18+;/m1./s1. The highest BCUT2D eigenvalue weighted by Gasteiger charge is 2.34. The van der Waals surface area contributed by atoms with E-state index in [2.05, 4.69) is 15.3 Å². The molecule has 0 spiro atoms. The molecule has 0 radical (unpaired) electrons. The van der Waals surface area contributed by atoms with Gasteiger partial charge in [-0.05, 0) is 50.4 Å². The first-order chi connectivity index (χ1) is 15.8. The summed E-state index contributed by atoms with van der Waals surface area (Å²) in [5, 5.41) is 4.14. The number of nitrogens with one attached hydrogen (secondary N) is 1. The number of halogens is 2. The van der Waals surface area contributed by atoms with E-state index in [1.54, 1.807) is 22.9 Å². The smallest absolute Gasteiger partial charge is 0.260 e. The van der Waals surface area contributed by atoms with Crippen LogP contribution in [-0.4, -0.2) is 38.4 Å². The maximum Gasteiger partial charge on any atom is 0.260 e. The summed E-state index contributed by atoms with van der Waals surface area (Å²) in [5.74, 6) is -2.13. The van der Waals surface area contributed by atoms with Crippen molar-refractivity contribution in [3.05, 3.63) is 64.1 Å². The predicted molar refractivity (Wildman–Crippen MR) is 133 cm³/mol. The van der Waals surface area contributed by atoms with Gasteiger partial charge in [-0.15, -0.1) is 0 Å². The molecule has 8 heteroatoms. The van der Waals surface area contributed by atoms with Gasteiger partial charge in [0.05, 0.1) is 12.6 Å². The van der Waals surface area contributed by atoms with E-state index in [1.165, 1.54) is 0 Å². The molecule has 6 nitrogen and oxygen atoms in total. The molecule has 0 aliphatic carbocycles. The van der Waals surface area contributed by atoms with Gasteiger partial charge in [-0.1, -0.05) is 38.6 Å². The Morgan fingerprint density at radius 2 is 1.88 bits per heavy atom. The number of fused-ring (bicyclic) bond motifs is 1. The van der Waals surface area contributed by atoms with Gasteiger partial charge in [0.15, 0.2) is 0 Å². The van der Waals surface area contributed by atoms with Crippen LogP contribution in [-0.2, 0) is 6.54 Å². The van der Waals surface area contributed by atoms with E-state index in [0.717, 1.165) is 22.9 Å². The topological polar surface area (TPSA) is 63.1 Å². The van der Waals surface area contributed by atoms with Crippen LogP contribution in [0, 0.1) is 0 Å². The first-order valence-electron chi connectivity index (χ1n) is 11.6. The lowest BCUT2D eigenvalue weighted by atomic mass is 10.0. The average molecular weight is 472 g/mol. The Hall–Kier alpha value is -2.87. The second-order valence-corrected chi connectivity index (χ2v) is 9.05. The number of rotatable bonds is 7. The van der Waals surface area contributed by atoms with Gasteiger partial charge in [0, 0.05) is 36.7 Å². The number of likely N-dealkylation sites (tertiary alicyclic amines) is 1. The van der Waals surface area contributed by atoms with Crippen LogP contribution >= 0.6 is 0 Å². The zero-order valence-corrected chi connectivity index (χ0v) is 19.4. The molecule has 1 N–H and O–H groups in total. The third-order valence-electron chi connectivity index (χ3n) is 6.40. The fraction of sp³-hybridized carbons (Fsp3) is 0.500. The molecule has 1 aliphatic rings. The number of hydrogen-bond donors (Lipinski definition) is 1. The number of alkyl halides is 2. The fourth-order valence-corrected chi connectivity index (χ4v) is 4.34. The summed E-state index contributed by atoms with van der Waals surface area (Å²) in [5.41, 5.74) is 2.61. The second kappa shape index (κ2) is 10.6. The van der Waals surface area contributed by atoms with Crippen LogP contribution in [0.4, 0.5) is 14.7 Å². The second-order valence-electron chi connectivity index (χ2n) is 9.05. The molecule has 4 rings (SSSR count). The molecule has 2 atom stereocenters. The highest BCUT2D eigenvalue weighted by atomic mass is 19.3. The van der Waals surface area contributed by atoms with Crippen LogP contribution in [0.3, 0.4) is 0 Å². The van der Waals surface area contributed by atoms with Crippen LogP contribution < -0.4 is 10.9 Å². The molecule has 0 amide bonds. The van der Waals surface area contributed by atoms with Gasteiger partial charge < -0.3 is 5.32 Å². The lowest BCUT2D eigenvalue weighted by molar-refractivity contribution is -0.0661. The number of pyridine rings is 1. The molecule has 3 heterocycles. The molecule has 0 bridgehead atoms. The third-order valence-corrected chi connectivity index (χ3v) is 6.40. The van der Waals surface area contributed by atoms with E-state index in [1.807, 2.05) is 49.9 Å². The first kappa shape index (κ1) is 25.7. The number of anilines is 1. The van der Waals surface area contributed by atoms with Crippen molar-refractivity contribution < 1.29 is 8.78 Å². The zero-order chi connectivity index (χ0) is 23.6. The minimum Gasteiger partial charge on any atom is -0.348 e. The maximum absolute atomic E-state index is 13.7. The summed E-state index contributed by atoms with van der Waals surface area (Å²) in [7, 11) is 0. The Kier molecular flexibility index (Phi) is 8.02. The summed E-state index contributed by atoms with van der Waals surface area (Å²) in [6.45, 7) is 7.12. The average Bonchev–Trinajstić information content (AvgIpc) is 2.78. The molecular weight excluding hydrogens is 436 g/mol. The van der Waals surface area contributed by atoms with Gasteiger partial charge in [0.25, 0.3) is 11.5 Å². The van der Waals surface area contributed by atoms with Crippen molar-refractivity contribution in [3.8, 4) is 0 Å². The van der Waals surface area contributed by atoms with Crippen molar-refractivity contribution in [2.24, 2.45) is 0 Å². The van der Waals surface area contributed by atoms with E-state index in [4.69, 9.17) is 0 Å². The van der Waals surface area contributed by atoms with Gasteiger partial charge in [-0.3, -0.25) is 14.3 Å². The SMILES string of the molecule is C.CC[C@@H](C)n1c(=O)ccc2cnc(N[C@@H](C)c3ccc(CN4CCCC(F)(F)C4)cc3)nc21. The Bertz CT molecular complexity index is 1160. The van der Waals surface area contributed by atoms with Crippen LogP contribution in [0.15, 0.2) is 47.4 Å². The van der Waals surface area contributed by atoms with E-state index in [0.29, 0.717) is 31.1 Å². The lowest BCUT2D eigenvalue weighted by Crippen LogP contribution is -2.41. The van der Waals surface area contributed by atoms with E-state index in [-0.39, 0.29) is 38.0 Å². The molecule has 184 valence electrons. The number of aromatic nitrogens is 3. The molecule has 1 fully saturated rings. The Morgan fingerprint density at radius 1 is 1.15 bits per heavy atom. The van der Waals surface area contributed by atoms with Crippen molar-refractivity contribution >= 4 is 17.0 Å². The summed E-state index contributed by atoms with van der Waals surface area (Å²) in [6, 6.07) is 11.3. The largest absolute Gasteiger partial charge is 0.348 e. The molecule has 34 heavy (non-hydrogen) atoms. The summed E-state index contributed by atoms with van der Waals surface area (Å²) >= 11 is 0. The minimum absolute atomic E-state index is 0. The zero-order valence-electron chi connectivity index (χ0n) is 19.4. The molecule has 2 aromatic heterocycles. The molecule has 1 saturated heterocycles. The molecule has 1 aromatic carbocycles. The van der Waals surface area contributed by atoms with Gasteiger partial charge in [0.1, 0.15) is 5.65 Å². The van der Waals surface area contributed by atoms with Crippen LogP contribution in [0.25, 0.3) is 11.0 Å². The number of piperidine rings is 1. The lowest BCUT2D eigenvalue weighted by Gasteiger charge is -2.32. The predicted octanol–water partition coefficient (Wildman–Crippen LogP) is 5.80. The van der Waals surface area contributed by atoms with Crippen molar-refractivity contribution in [3.63, 3.8) is 0 Å². The van der Waals surface area contributed by atoms with Crippen molar-refractivity contribution in [2.45, 2.75) is 72.0 Å².